The van der Waals surface area contributed by atoms with Gasteiger partial charge in [0, 0.05) is 32.2 Å². The van der Waals surface area contributed by atoms with Crippen LogP contribution in [-0.4, -0.2) is 79.9 Å². The molecule has 4 fully saturated rings. The van der Waals surface area contributed by atoms with E-state index in [4.69, 9.17) is 28.4 Å². The van der Waals surface area contributed by atoms with Crippen LogP contribution >= 0.6 is 0 Å². The Morgan fingerprint density at radius 3 is 2.02 bits per heavy atom. The molecular formula is C34H52O8. The van der Waals surface area contributed by atoms with E-state index in [9.17, 15) is 10.2 Å². The fourth-order valence-electron chi connectivity index (χ4n) is 6.81. The zero-order valence-corrected chi connectivity index (χ0v) is 25.1. The number of hydrogen-bond donors (Lipinski definition) is 2. The summed E-state index contributed by atoms with van der Waals surface area (Å²) in [5, 5.41) is 20.4. The Hall–Kier alpha value is -1.36. The number of aryl methyl sites for hydroxylation is 1. The summed E-state index contributed by atoms with van der Waals surface area (Å²) >= 11 is 0. The number of aliphatic hydroxyl groups is 2. The Labute approximate surface area is 251 Å². The molecule has 0 aromatic heterocycles. The molecule has 1 saturated carbocycles. The van der Waals surface area contributed by atoms with E-state index in [1.165, 1.54) is 5.56 Å². The lowest BCUT2D eigenvalue weighted by atomic mass is 9.87. The Kier molecular flexibility index (Phi) is 13.1. The second-order valence-electron chi connectivity index (χ2n) is 12.4. The predicted molar refractivity (Wildman–Crippen MR) is 159 cm³/mol. The van der Waals surface area contributed by atoms with Crippen molar-refractivity contribution in [1.29, 1.82) is 0 Å². The average Bonchev–Trinajstić information content (AvgIpc) is 3.34. The highest BCUT2D eigenvalue weighted by atomic mass is 16.7. The molecule has 4 aliphatic rings. The zero-order chi connectivity index (χ0) is 29.0. The summed E-state index contributed by atoms with van der Waals surface area (Å²) < 4.78 is 37.6. The van der Waals surface area contributed by atoms with Gasteiger partial charge in [-0.3, -0.25) is 0 Å². The van der Waals surface area contributed by atoms with Gasteiger partial charge in [0.05, 0.1) is 31.0 Å². The smallest absolute Gasteiger partial charge is 0.158 e. The molecule has 0 bridgehead atoms. The minimum absolute atomic E-state index is 0.0274. The number of ether oxygens (including phenoxy) is 6. The van der Waals surface area contributed by atoms with Crippen molar-refractivity contribution in [3.63, 3.8) is 0 Å². The van der Waals surface area contributed by atoms with Crippen LogP contribution in [0.25, 0.3) is 0 Å². The van der Waals surface area contributed by atoms with Gasteiger partial charge < -0.3 is 38.6 Å². The van der Waals surface area contributed by atoms with Crippen LogP contribution in [0.2, 0.25) is 0 Å². The minimum atomic E-state index is -0.824. The zero-order valence-electron chi connectivity index (χ0n) is 25.1. The van der Waals surface area contributed by atoms with Crippen molar-refractivity contribution in [2.45, 2.75) is 127 Å². The van der Waals surface area contributed by atoms with Crippen LogP contribution in [-0.2, 0) is 34.8 Å². The van der Waals surface area contributed by atoms with Crippen LogP contribution in [0.1, 0.15) is 82.6 Å². The topological polar surface area (TPSA) is 95.8 Å². The summed E-state index contributed by atoms with van der Waals surface area (Å²) in [5.74, 6) is -0.0661. The number of hydrogen-bond acceptors (Lipinski definition) is 8. The third-order valence-corrected chi connectivity index (χ3v) is 9.12. The summed E-state index contributed by atoms with van der Waals surface area (Å²) in [6.45, 7) is 1.89. The van der Waals surface area contributed by atoms with E-state index in [0.29, 0.717) is 19.4 Å². The lowest BCUT2D eigenvalue weighted by Gasteiger charge is -2.31. The van der Waals surface area contributed by atoms with E-state index in [1.807, 2.05) is 6.07 Å². The molecule has 0 spiro atoms. The van der Waals surface area contributed by atoms with Crippen molar-refractivity contribution >= 4 is 0 Å². The van der Waals surface area contributed by atoms with Gasteiger partial charge in [0.1, 0.15) is 0 Å². The van der Waals surface area contributed by atoms with E-state index >= 15 is 0 Å². The molecule has 1 aromatic carbocycles. The third kappa shape index (κ3) is 9.83. The highest BCUT2D eigenvalue weighted by Gasteiger charge is 2.46. The monoisotopic (exact) mass is 588 g/mol. The maximum Gasteiger partial charge on any atom is 0.158 e. The van der Waals surface area contributed by atoms with Crippen molar-refractivity contribution in [3.05, 3.63) is 48.0 Å². The van der Waals surface area contributed by atoms with Crippen LogP contribution in [0.15, 0.2) is 42.5 Å². The lowest BCUT2D eigenvalue weighted by molar-refractivity contribution is -0.204. The summed E-state index contributed by atoms with van der Waals surface area (Å²) in [6.07, 6.45) is 14.6. The molecule has 9 atom stereocenters. The minimum Gasteiger partial charge on any atom is -0.394 e. The first kappa shape index (κ1) is 32.0. The first-order chi connectivity index (χ1) is 20.7. The summed E-state index contributed by atoms with van der Waals surface area (Å²) in [5.41, 5.74) is 1.28. The molecular weight excluding hydrogens is 536 g/mol. The van der Waals surface area contributed by atoms with Crippen molar-refractivity contribution in [2.24, 2.45) is 11.8 Å². The highest BCUT2D eigenvalue weighted by Crippen LogP contribution is 2.42. The fraction of sp³-hybridized carbons (Fsp3) is 0.765. The molecule has 3 heterocycles. The maximum atomic E-state index is 10.6. The normalized spacial score (nSPS) is 34.0. The van der Waals surface area contributed by atoms with Gasteiger partial charge in [0.25, 0.3) is 0 Å². The molecule has 1 aromatic rings. The van der Waals surface area contributed by atoms with Crippen molar-refractivity contribution in [3.8, 4) is 0 Å². The standard InChI is InChI=1S/C34H52O8/c35-24-26(36)22-29-28(18-17-27(40-32-12-4-7-19-37-32)16-15-25-10-2-1-3-11-25)30(41-33-13-5-8-20-38-33)23-31(29)42-34-14-6-9-21-39-34/h1-3,10-11,17-18,26-36H,4-9,12-16,19-24H2/b18-17+/t26?,27-,28+,29+,30+,31-,32?,33?,34?/m0/s1. The van der Waals surface area contributed by atoms with Gasteiger partial charge in [-0.15, -0.1) is 0 Å². The Morgan fingerprint density at radius 1 is 0.810 bits per heavy atom. The van der Waals surface area contributed by atoms with Gasteiger partial charge in [0.2, 0.25) is 0 Å². The molecule has 4 unspecified atom stereocenters. The molecule has 8 heteroatoms. The second-order valence-corrected chi connectivity index (χ2v) is 12.4. The van der Waals surface area contributed by atoms with E-state index < -0.39 is 6.10 Å². The lowest BCUT2D eigenvalue weighted by Crippen LogP contribution is -2.34. The Bertz CT molecular complexity index is 894. The average molecular weight is 589 g/mol. The SMILES string of the molecule is OCC(O)C[C@@H]1[C@@H](/C=C/[C@H](CCc2ccccc2)OC2CCCCO2)[C@H](OC2CCCCO2)C[C@@H]1OC1CCCCO1. The Morgan fingerprint density at radius 2 is 1.43 bits per heavy atom. The van der Waals surface area contributed by atoms with E-state index in [0.717, 1.165) is 83.8 Å². The largest absolute Gasteiger partial charge is 0.394 e. The Balaban J connectivity index is 1.35. The molecule has 3 aliphatic heterocycles. The highest BCUT2D eigenvalue weighted by molar-refractivity contribution is 5.15. The van der Waals surface area contributed by atoms with Gasteiger partial charge in [-0.1, -0.05) is 42.5 Å². The second kappa shape index (κ2) is 17.2. The van der Waals surface area contributed by atoms with E-state index in [2.05, 4.69) is 36.4 Å². The first-order valence-corrected chi connectivity index (χ1v) is 16.5. The summed E-state index contributed by atoms with van der Waals surface area (Å²) in [7, 11) is 0. The van der Waals surface area contributed by atoms with Crippen LogP contribution in [0.5, 0.6) is 0 Å². The van der Waals surface area contributed by atoms with Gasteiger partial charge in [-0.25, -0.2) is 0 Å². The first-order valence-electron chi connectivity index (χ1n) is 16.5. The van der Waals surface area contributed by atoms with Crippen LogP contribution in [0, 0.1) is 11.8 Å². The van der Waals surface area contributed by atoms with Gasteiger partial charge >= 0.3 is 0 Å². The molecule has 236 valence electrons. The molecule has 5 rings (SSSR count). The molecule has 3 saturated heterocycles. The summed E-state index contributed by atoms with van der Waals surface area (Å²) in [4.78, 5) is 0. The molecule has 2 N–H and O–H groups in total. The number of aliphatic hydroxyl groups excluding tert-OH is 2. The van der Waals surface area contributed by atoms with Gasteiger partial charge in [-0.05, 0) is 88.5 Å². The van der Waals surface area contributed by atoms with Gasteiger partial charge in [-0.2, -0.15) is 0 Å². The maximum absolute atomic E-state index is 10.6. The van der Waals surface area contributed by atoms with Crippen molar-refractivity contribution in [2.75, 3.05) is 26.4 Å². The van der Waals surface area contributed by atoms with E-state index in [1.54, 1.807) is 0 Å². The number of rotatable bonds is 14. The van der Waals surface area contributed by atoms with Crippen LogP contribution in [0.3, 0.4) is 0 Å². The van der Waals surface area contributed by atoms with Crippen molar-refractivity contribution in [1.82, 2.24) is 0 Å². The molecule has 1 aliphatic carbocycles. The van der Waals surface area contributed by atoms with Crippen LogP contribution < -0.4 is 0 Å². The fourth-order valence-corrected chi connectivity index (χ4v) is 6.81. The summed E-state index contributed by atoms with van der Waals surface area (Å²) in [6, 6.07) is 10.5. The molecule has 8 nitrogen and oxygen atoms in total. The van der Waals surface area contributed by atoms with E-state index in [-0.39, 0.29) is 55.6 Å². The van der Waals surface area contributed by atoms with Crippen molar-refractivity contribution < 1.29 is 38.6 Å². The van der Waals surface area contributed by atoms with Gasteiger partial charge in [0.15, 0.2) is 18.9 Å². The quantitative estimate of drug-likeness (QED) is 0.283. The predicted octanol–water partition coefficient (Wildman–Crippen LogP) is 5.29. The van der Waals surface area contributed by atoms with Crippen LogP contribution in [0.4, 0.5) is 0 Å². The molecule has 0 amide bonds. The third-order valence-electron chi connectivity index (χ3n) is 9.12. The number of benzene rings is 1. The molecule has 0 radical (unpaired) electrons. The molecule has 42 heavy (non-hydrogen) atoms.